The van der Waals surface area contributed by atoms with Crippen LogP contribution in [0.4, 0.5) is 5.69 Å². The number of H-pyrrole nitrogens is 1. The summed E-state index contributed by atoms with van der Waals surface area (Å²) in [7, 11) is 0. The summed E-state index contributed by atoms with van der Waals surface area (Å²) < 4.78 is 0.819. The minimum Gasteiger partial charge on any atom is -0.356 e. The molecule has 0 radical (unpaired) electrons. The predicted molar refractivity (Wildman–Crippen MR) is 83.4 cm³/mol. The molecule has 3 N–H and O–H groups in total. The zero-order valence-corrected chi connectivity index (χ0v) is 12.7. The molecule has 6 heteroatoms. The van der Waals surface area contributed by atoms with Crippen molar-refractivity contribution in [2.75, 3.05) is 5.32 Å². The third kappa shape index (κ3) is 3.52. The highest BCUT2D eigenvalue weighted by Crippen LogP contribution is 2.20. The Balaban J connectivity index is 1.63. The number of amides is 2. The molecule has 21 heavy (non-hydrogen) atoms. The fourth-order valence-corrected chi connectivity index (χ4v) is 2.24. The van der Waals surface area contributed by atoms with Crippen molar-refractivity contribution in [1.29, 1.82) is 0 Å². The molecule has 2 amide bonds. The SMILES string of the molecule is O=C(NC1CC1)c1ccc(NC(=O)c2cc(Br)c[nH]2)cc1. The van der Waals surface area contributed by atoms with Gasteiger partial charge < -0.3 is 15.6 Å². The smallest absolute Gasteiger partial charge is 0.272 e. The lowest BCUT2D eigenvalue weighted by atomic mass is 10.2. The lowest BCUT2D eigenvalue weighted by Gasteiger charge is -2.06. The molecule has 1 aliphatic rings. The molecule has 3 rings (SSSR count). The van der Waals surface area contributed by atoms with E-state index in [9.17, 15) is 9.59 Å². The van der Waals surface area contributed by atoms with Crippen LogP contribution in [-0.2, 0) is 0 Å². The molecule has 108 valence electrons. The Morgan fingerprint density at radius 2 is 1.86 bits per heavy atom. The Morgan fingerprint density at radius 1 is 1.14 bits per heavy atom. The van der Waals surface area contributed by atoms with E-state index in [0.29, 0.717) is 23.0 Å². The van der Waals surface area contributed by atoms with Gasteiger partial charge >= 0.3 is 0 Å². The zero-order chi connectivity index (χ0) is 14.8. The molecule has 0 unspecified atom stereocenters. The average molecular weight is 348 g/mol. The summed E-state index contributed by atoms with van der Waals surface area (Å²) in [6.45, 7) is 0. The second-order valence-electron chi connectivity index (χ2n) is 5.01. The maximum absolute atomic E-state index is 12.0. The van der Waals surface area contributed by atoms with Crippen LogP contribution in [0.25, 0.3) is 0 Å². The van der Waals surface area contributed by atoms with Crippen LogP contribution in [0.5, 0.6) is 0 Å². The Bertz CT molecular complexity index is 674. The standard InChI is InChI=1S/C15H14BrN3O2/c16-10-7-13(17-8-10)15(21)19-11-3-1-9(2-4-11)14(20)18-12-5-6-12/h1-4,7-8,12,17H,5-6H2,(H,18,20)(H,19,21). The van der Waals surface area contributed by atoms with Gasteiger partial charge in [0.25, 0.3) is 11.8 Å². The van der Waals surface area contributed by atoms with Crippen LogP contribution in [0, 0.1) is 0 Å². The Kier molecular flexibility index (Phi) is 3.79. The molecule has 1 aliphatic carbocycles. The number of aromatic amines is 1. The quantitative estimate of drug-likeness (QED) is 0.795. The van der Waals surface area contributed by atoms with Crippen molar-refractivity contribution < 1.29 is 9.59 Å². The summed E-state index contributed by atoms with van der Waals surface area (Å²) in [5.74, 6) is -0.292. The van der Waals surface area contributed by atoms with E-state index in [1.165, 1.54) is 0 Å². The van der Waals surface area contributed by atoms with Gasteiger partial charge in [0.15, 0.2) is 0 Å². The van der Waals surface area contributed by atoms with Gasteiger partial charge in [0.05, 0.1) is 0 Å². The average Bonchev–Trinajstić information content (AvgIpc) is 3.17. The number of nitrogens with one attached hydrogen (secondary N) is 3. The molecule has 0 bridgehead atoms. The number of rotatable bonds is 4. The van der Waals surface area contributed by atoms with Gasteiger partial charge in [-0.3, -0.25) is 9.59 Å². The topological polar surface area (TPSA) is 74.0 Å². The van der Waals surface area contributed by atoms with Crippen molar-refractivity contribution in [2.45, 2.75) is 18.9 Å². The summed E-state index contributed by atoms with van der Waals surface area (Å²) in [6, 6.07) is 8.89. The third-order valence-corrected chi connectivity index (χ3v) is 3.67. The highest BCUT2D eigenvalue weighted by Gasteiger charge is 2.23. The van der Waals surface area contributed by atoms with E-state index in [2.05, 4.69) is 31.5 Å². The van der Waals surface area contributed by atoms with E-state index in [-0.39, 0.29) is 11.8 Å². The summed E-state index contributed by atoms with van der Waals surface area (Å²) in [6.07, 6.45) is 3.82. The van der Waals surface area contributed by atoms with Crippen molar-refractivity contribution in [3.8, 4) is 0 Å². The molecule has 1 saturated carbocycles. The number of carbonyl (C=O) groups excluding carboxylic acids is 2. The summed E-state index contributed by atoms with van der Waals surface area (Å²) in [5, 5.41) is 5.69. The van der Waals surface area contributed by atoms with Gasteiger partial charge in [-0.2, -0.15) is 0 Å². The van der Waals surface area contributed by atoms with E-state index in [1.807, 2.05) is 0 Å². The molecule has 0 atom stereocenters. The van der Waals surface area contributed by atoms with Crippen molar-refractivity contribution >= 4 is 33.4 Å². The van der Waals surface area contributed by atoms with Gasteiger partial charge in [-0.25, -0.2) is 0 Å². The normalized spacial score (nSPS) is 13.8. The number of hydrogen-bond acceptors (Lipinski definition) is 2. The van der Waals surface area contributed by atoms with E-state index in [1.54, 1.807) is 36.5 Å². The molecule has 1 heterocycles. The number of anilines is 1. The fraction of sp³-hybridized carbons (Fsp3) is 0.200. The van der Waals surface area contributed by atoms with Crippen molar-refractivity contribution in [1.82, 2.24) is 10.3 Å². The van der Waals surface area contributed by atoms with Crippen LogP contribution in [0.1, 0.15) is 33.7 Å². The maximum atomic E-state index is 12.0. The number of aromatic nitrogens is 1. The first-order valence-corrected chi connectivity index (χ1v) is 7.47. The van der Waals surface area contributed by atoms with Gasteiger partial charge in [0.1, 0.15) is 5.69 Å². The molecular weight excluding hydrogens is 334 g/mol. The number of hydrogen-bond donors (Lipinski definition) is 3. The molecule has 2 aromatic rings. The molecule has 1 aromatic heterocycles. The van der Waals surface area contributed by atoms with Crippen molar-refractivity contribution in [3.05, 3.63) is 52.3 Å². The third-order valence-electron chi connectivity index (χ3n) is 3.21. The van der Waals surface area contributed by atoms with Crippen LogP contribution in [0.2, 0.25) is 0 Å². The minimum absolute atomic E-state index is 0.0660. The summed E-state index contributed by atoms with van der Waals surface area (Å²) in [5.41, 5.74) is 1.72. The van der Waals surface area contributed by atoms with Gasteiger partial charge in [-0.1, -0.05) is 0 Å². The molecule has 1 fully saturated rings. The van der Waals surface area contributed by atoms with Crippen LogP contribution in [0.15, 0.2) is 41.0 Å². The summed E-state index contributed by atoms with van der Waals surface area (Å²) in [4.78, 5) is 26.7. The summed E-state index contributed by atoms with van der Waals surface area (Å²) >= 11 is 3.28. The minimum atomic E-state index is -0.226. The van der Waals surface area contributed by atoms with Gasteiger partial charge in [-0.05, 0) is 59.1 Å². The Morgan fingerprint density at radius 3 is 2.43 bits per heavy atom. The Labute approximate surface area is 130 Å². The first-order chi connectivity index (χ1) is 10.1. The van der Waals surface area contributed by atoms with Crippen LogP contribution >= 0.6 is 15.9 Å². The lowest BCUT2D eigenvalue weighted by Crippen LogP contribution is -2.25. The fourth-order valence-electron chi connectivity index (χ4n) is 1.90. The van der Waals surface area contributed by atoms with Crippen LogP contribution in [-0.4, -0.2) is 22.8 Å². The maximum Gasteiger partial charge on any atom is 0.272 e. The van der Waals surface area contributed by atoms with Gasteiger partial charge in [-0.15, -0.1) is 0 Å². The number of benzene rings is 1. The van der Waals surface area contributed by atoms with E-state index < -0.39 is 0 Å². The second-order valence-corrected chi connectivity index (χ2v) is 5.93. The molecular formula is C15H14BrN3O2. The highest BCUT2D eigenvalue weighted by atomic mass is 79.9. The molecule has 0 saturated heterocycles. The lowest BCUT2D eigenvalue weighted by molar-refractivity contribution is 0.0950. The molecule has 5 nitrogen and oxygen atoms in total. The van der Waals surface area contributed by atoms with Crippen LogP contribution in [0.3, 0.4) is 0 Å². The largest absolute Gasteiger partial charge is 0.356 e. The van der Waals surface area contributed by atoms with Crippen LogP contribution < -0.4 is 10.6 Å². The van der Waals surface area contributed by atoms with Crippen molar-refractivity contribution in [3.63, 3.8) is 0 Å². The molecule has 1 aromatic carbocycles. The monoisotopic (exact) mass is 347 g/mol. The van der Waals surface area contributed by atoms with E-state index in [0.717, 1.165) is 17.3 Å². The predicted octanol–water partition coefficient (Wildman–Crippen LogP) is 2.92. The van der Waals surface area contributed by atoms with Gasteiger partial charge in [0.2, 0.25) is 0 Å². The first-order valence-electron chi connectivity index (χ1n) is 6.68. The molecule has 0 spiro atoms. The van der Waals surface area contributed by atoms with E-state index >= 15 is 0 Å². The highest BCUT2D eigenvalue weighted by molar-refractivity contribution is 9.10. The van der Waals surface area contributed by atoms with Crippen molar-refractivity contribution in [2.24, 2.45) is 0 Å². The molecule has 0 aliphatic heterocycles. The Hall–Kier alpha value is -2.08. The van der Waals surface area contributed by atoms with Gasteiger partial charge in [0, 0.05) is 28.0 Å². The second kappa shape index (κ2) is 5.73. The first kappa shape index (κ1) is 13.9. The zero-order valence-electron chi connectivity index (χ0n) is 11.2. The number of carbonyl (C=O) groups is 2. The number of halogens is 1. The van der Waals surface area contributed by atoms with E-state index in [4.69, 9.17) is 0 Å².